The molecule has 3 aromatic carbocycles. The van der Waals surface area contributed by atoms with E-state index in [0.717, 1.165) is 16.7 Å². The van der Waals surface area contributed by atoms with Gasteiger partial charge < -0.3 is 10.1 Å². The van der Waals surface area contributed by atoms with Crippen LogP contribution in [0.25, 0.3) is 11.1 Å². The summed E-state index contributed by atoms with van der Waals surface area (Å²) in [4.78, 5) is 24.1. The summed E-state index contributed by atoms with van der Waals surface area (Å²) in [5, 5.41) is 7.71. The van der Waals surface area contributed by atoms with E-state index in [-0.39, 0.29) is 11.5 Å². The van der Waals surface area contributed by atoms with Crippen molar-refractivity contribution < 1.29 is 22.7 Å². The summed E-state index contributed by atoms with van der Waals surface area (Å²) < 4.78 is 27.5. The lowest BCUT2D eigenvalue weighted by Crippen LogP contribution is -2.30. The van der Waals surface area contributed by atoms with E-state index < -0.39 is 21.9 Å². The molecule has 1 amide bonds. The van der Waals surface area contributed by atoms with Gasteiger partial charge in [0.2, 0.25) is 10.0 Å². The van der Waals surface area contributed by atoms with Gasteiger partial charge in [-0.1, -0.05) is 54.6 Å². The van der Waals surface area contributed by atoms with Crippen LogP contribution in [0.15, 0.2) is 83.8 Å². The Morgan fingerprint density at radius 2 is 1.45 bits per heavy atom. The molecular weight excluding hydrogens is 416 g/mol. The number of primary sulfonamides is 1. The van der Waals surface area contributed by atoms with Crippen LogP contribution in [-0.4, -0.2) is 33.4 Å². The van der Waals surface area contributed by atoms with Crippen molar-refractivity contribution in [1.29, 1.82) is 0 Å². The molecule has 0 bridgehead atoms. The Bertz CT molecular complexity index is 1140. The van der Waals surface area contributed by atoms with E-state index in [2.05, 4.69) is 5.32 Å². The van der Waals surface area contributed by atoms with Crippen LogP contribution in [0.4, 0.5) is 0 Å². The Kier molecular flexibility index (Phi) is 7.17. The van der Waals surface area contributed by atoms with E-state index in [1.54, 1.807) is 24.3 Å². The molecule has 0 heterocycles. The molecule has 0 unspecified atom stereocenters. The molecule has 0 aliphatic rings. The number of hydrogen-bond acceptors (Lipinski definition) is 5. The van der Waals surface area contributed by atoms with E-state index in [1.807, 2.05) is 42.5 Å². The van der Waals surface area contributed by atoms with Gasteiger partial charge in [0.25, 0.3) is 5.91 Å². The number of sulfonamides is 1. The summed E-state index contributed by atoms with van der Waals surface area (Å²) >= 11 is 0. The smallest absolute Gasteiger partial charge is 0.338 e. The highest BCUT2D eigenvalue weighted by molar-refractivity contribution is 7.89. The van der Waals surface area contributed by atoms with Gasteiger partial charge in [0.1, 0.15) is 0 Å². The molecule has 160 valence electrons. The summed E-state index contributed by atoms with van der Waals surface area (Å²) in [7, 11) is -3.73. The van der Waals surface area contributed by atoms with Crippen LogP contribution >= 0.6 is 0 Å². The van der Waals surface area contributed by atoms with Gasteiger partial charge in [-0.15, -0.1) is 0 Å². The average molecular weight is 439 g/mol. The minimum absolute atomic E-state index is 0.0315. The molecule has 0 fully saturated rings. The summed E-state index contributed by atoms with van der Waals surface area (Å²) in [6, 6.07) is 22.8. The molecule has 31 heavy (non-hydrogen) atoms. The first kappa shape index (κ1) is 22.2. The van der Waals surface area contributed by atoms with Crippen LogP contribution in [0, 0.1) is 0 Å². The molecule has 0 saturated carbocycles. The van der Waals surface area contributed by atoms with Gasteiger partial charge in [-0.25, -0.2) is 18.4 Å². The van der Waals surface area contributed by atoms with Crippen molar-refractivity contribution in [2.45, 2.75) is 11.3 Å². The number of hydrogen-bond donors (Lipinski definition) is 2. The first-order valence-corrected chi connectivity index (χ1v) is 11.1. The zero-order chi connectivity index (χ0) is 22.3. The van der Waals surface area contributed by atoms with Gasteiger partial charge in [-0.05, 0) is 47.4 Å². The van der Waals surface area contributed by atoms with Crippen molar-refractivity contribution in [3.8, 4) is 11.1 Å². The molecule has 8 heteroatoms. The molecule has 7 nitrogen and oxygen atoms in total. The quantitative estimate of drug-likeness (QED) is 0.525. The molecule has 0 saturated heterocycles. The first-order chi connectivity index (χ1) is 14.8. The average Bonchev–Trinajstić information content (AvgIpc) is 2.78. The lowest BCUT2D eigenvalue weighted by Gasteiger charge is -2.08. The fourth-order valence-electron chi connectivity index (χ4n) is 2.89. The molecule has 3 rings (SSSR count). The first-order valence-electron chi connectivity index (χ1n) is 9.54. The number of ether oxygens (including phenoxy) is 1. The van der Waals surface area contributed by atoms with Gasteiger partial charge in [0, 0.05) is 6.54 Å². The minimum Gasteiger partial charge on any atom is -0.452 e. The number of nitrogens with one attached hydrogen (secondary N) is 1. The van der Waals surface area contributed by atoms with E-state index >= 15 is 0 Å². The van der Waals surface area contributed by atoms with Crippen LogP contribution in [0.3, 0.4) is 0 Å². The lowest BCUT2D eigenvalue weighted by atomic mass is 10.0. The van der Waals surface area contributed by atoms with Crippen LogP contribution < -0.4 is 10.5 Å². The third kappa shape index (κ3) is 6.50. The lowest BCUT2D eigenvalue weighted by molar-refractivity contribution is -0.124. The number of nitrogens with two attached hydrogens (primary N) is 1. The second-order valence-electron chi connectivity index (χ2n) is 6.81. The highest BCUT2D eigenvalue weighted by Gasteiger charge is 2.11. The molecule has 0 aliphatic carbocycles. The highest BCUT2D eigenvalue weighted by atomic mass is 32.2. The van der Waals surface area contributed by atoms with Crippen molar-refractivity contribution >= 4 is 21.9 Å². The van der Waals surface area contributed by atoms with Crippen molar-refractivity contribution in [2.24, 2.45) is 5.14 Å². The van der Waals surface area contributed by atoms with Gasteiger partial charge >= 0.3 is 5.97 Å². The van der Waals surface area contributed by atoms with E-state index in [0.29, 0.717) is 18.5 Å². The normalized spacial score (nSPS) is 11.0. The summed E-state index contributed by atoms with van der Waals surface area (Å²) in [6.45, 7) is -0.0689. The maximum atomic E-state index is 12.1. The zero-order valence-corrected chi connectivity index (χ0v) is 17.5. The summed E-state index contributed by atoms with van der Waals surface area (Å²) in [6.07, 6.45) is 0.492. The van der Waals surface area contributed by atoms with Crippen molar-refractivity contribution in [2.75, 3.05) is 13.2 Å². The van der Waals surface area contributed by atoms with E-state index in [4.69, 9.17) is 9.88 Å². The fourth-order valence-corrected chi connectivity index (χ4v) is 3.40. The van der Waals surface area contributed by atoms with Crippen LogP contribution in [-0.2, 0) is 26.0 Å². The number of rotatable bonds is 8. The Morgan fingerprint density at radius 3 is 2.06 bits per heavy atom. The van der Waals surface area contributed by atoms with Crippen molar-refractivity contribution in [1.82, 2.24) is 5.32 Å². The molecule has 0 aliphatic heterocycles. The van der Waals surface area contributed by atoms with Crippen molar-refractivity contribution in [3.63, 3.8) is 0 Å². The second-order valence-corrected chi connectivity index (χ2v) is 8.37. The van der Waals surface area contributed by atoms with Gasteiger partial charge in [-0.2, -0.15) is 0 Å². The molecular formula is C23H22N2O5S. The third-order valence-electron chi connectivity index (χ3n) is 4.55. The Labute approximate surface area is 180 Å². The van der Waals surface area contributed by atoms with Crippen LogP contribution in [0.2, 0.25) is 0 Å². The molecule has 0 aromatic heterocycles. The summed E-state index contributed by atoms with van der Waals surface area (Å²) in [5.41, 5.74) is 3.22. The molecule has 0 radical (unpaired) electrons. The van der Waals surface area contributed by atoms with E-state index in [1.165, 1.54) is 12.1 Å². The number of amides is 1. The molecule has 0 atom stereocenters. The predicted molar refractivity (Wildman–Crippen MR) is 117 cm³/mol. The second kappa shape index (κ2) is 10.0. The third-order valence-corrected chi connectivity index (χ3v) is 5.48. The molecule has 3 N–H and O–H groups in total. The maximum Gasteiger partial charge on any atom is 0.338 e. The molecule has 0 spiro atoms. The van der Waals surface area contributed by atoms with E-state index in [9.17, 15) is 18.0 Å². The fraction of sp³-hybridized carbons (Fsp3) is 0.130. The van der Waals surface area contributed by atoms with Gasteiger partial charge in [0.05, 0.1) is 10.5 Å². The number of esters is 1. The molecule has 3 aromatic rings. The monoisotopic (exact) mass is 438 g/mol. The number of benzene rings is 3. The topological polar surface area (TPSA) is 116 Å². The predicted octanol–water partition coefficient (Wildman–Crippen LogP) is 2.52. The van der Waals surface area contributed by atoms with Crippen LogP contribution in [0.5, 0.6) is 0 Å². The van der Waals surface area contributed by atoms with Crippen LogP contribution in [0.1, 0.15) is 15.9 Å². The Morgan fingerprint density at radius 1 is 0.839 bits per heavy atom. The van der Waals surface area contributed by atoms with Gasteiger partial charge in [-0.3, -0.25) is 4.79 Å². The standard InChI is InChI=1S/C23H22N2O5S/c24-31(28,29)21-12-6-17(7-13-21)14-15-25-22(26)16-30-23(27)20-10-8-19(9-11-20)18-4-2-1-3-5-18/h1-13H,14-16H2,(H,25,26)(H2,24,28,29). The SMILES string of the molecule is NS(=O)(=O)c1ccc(CCNC(=O)COC(=O)c2ccc(-c3ccccc3)cc2)cc1. The van der Waals surface area contributed by atoms with Gasteiger partial charge in [0.15, 0.2) is 6.61 Å². The maximum absolute atomic E-state index is 12.1. The Hall–Kier alpha value is -3.49. The largest absolute Gasteiger partial charge is 0.452 e. The number of carbonyl (C=O) groups excluding carboxylic acids is 2. The minimum atomic E-state index is -3.73. The summed E-state index contributed by atoms with van der Waals surface area (Å²) in [5.74, 6) is -0.997. The Balaban J connectivity index is 1.42. The number of carbonyl (C=O) groups is 2. The zero-order valence-electron chi connectivity index (χ0n) is 16.7. The van der Waals surface area contributed by atoms with Crippen molar-refractivity contribution in [3.05, 3.63) is 90.0 Å². The highest BCUT2D eigenvalue weighted by Crippen LogP contribution is 2.19.